The lowest BCUT2D eigenvalue weighted by Gasteiger charge is -2.28. The minimum absolute atomic E-state index is 0.219. The van der Waals surface area contributed by atoms with Crippen molar-refractivity contribution in [3.63, 3.8) is 0 Å². The number of alkyl halides is 3. The number of methoxy groups -OCH3 is 2. The van der Waals surface area contributed by atoms with Crippen molar-refractivity contribution in [1.82, 2.24) is 0 Å². The zero-order valence-electron chi connectivity index (χ0n) is 19.6. The molecule has 0 bridgehead atoms. The average molecular weight is 483 g/mol. The highest BCUT2D eigenvalue weighted by Gasteiger charge is 2.31. The summed E-state index contributed by atoms with van der Waals surface area (Å²) in [7, 11) is 3.30. The summed E-state index contributed by atoms with van der Waals surface area (Å²) in [6.45, 7) is 0. The maximum Gasteiger partial charge on any atom is 0.416 e. The van der Waals surface area contributed by atoms with E-state index in [2.05, 4.69) is 24.3 Å². The molecule has 0 saturated carbocycles. The molecule has 182 valence electrons. The first-order chi connectivity index (χ1) is 16.8. The molecule has 5 rings (SSSR count). The molecule has 35 heavy (non-hydrogen) atoms. The molecule has 4 aromatic carbocycles. The molecule has 0 spiro atoms. The fourth-order valence-corrected chi connectivity index (χ4v) is 5.52. The van der Waals surface area contributed by atoms with E-state index in [1.54, 1.807) is 14.2 Å². The first-order valence-corrected chi connectivity index (χ1v) is 11.8. The van der Waals surface area contributed by atoms with Gasteiger partial charge in [-0.1, -0.05) is 30.3 Å². The van der Waals surface area contributed by atoms with Crippen molar-refractivity contribution in [2.45, 2.75) is 44.2 Å². The van der Waals surface area contributed by atoms with Crippen LogP contribution in [0.4, 0.5) is 17.6 Å². The largest absolute Gasteiger partial charge is 0.496 e. The molecule has 0 aliphatic heterocycles. The molecule has 1 aliphatic rings. The van der Waals surface area contributed by atoms with Crippen molar-refractivity contribution in [2.24, 2.45) is 0 Å². The van der Waals surface area contributed by atoms with Crippen molar-refractivity contribution >= 4 is 21.5 Å². The Labute approximate surface area is 201 Å². The van der Waals surface area contributed by atoms with Crippen LogP contribution in [0.15, 0.2) is 54.6 Å². The lowest BCUT2D eigenvalue weighted by atomic mass is 9.77. The maximum absolute atomic E-state index is 14.4. The number of benzene rings is 4. The van der Waals surface area contributed by atoms with Gasteiger partial charge in [0.05, 0.1) is 25.2 Å². The molecular formula is C29H26F4O2. The van der Waals surface area contributed by atoms with Gasteiger partial charge in [-0.3, -0.25) is 0 Å². The third kappa shape index (κ3) is 4.19. The van der Waals surface area contributed by atoms with Crippen molar-refractivity contribution in [1.29, 1.82) is 0 Å². The van der Waals surface area contributed by atoms with Gasteiger partial charge in [-0.15, -0.1) is 0 Å². The van der Waals surface area contributed by atoms with Gasteiger partial charge in [-0.2, -0.15) is 13.2 Å². The lowest BCUT2D eigenvalue weighted by molar-refractivity contribution is -0.137. The minimum Gasteiger partial charge on any atom is -0.496 e. The summed E-state index contributed by atoms with van der Waals surface area (Å²) in [5.74, 6) is 0.944. The summed E-state index contributed by atoms with van der Waals surface area (Å²) < 4.78 is 64.4. The van der Waals surface area contributed by atoms with E-state index in [0.717, 1.165) is 58.4 Å². The number of aryl methyl sites for hydroxylation is 2. The Morgan fingerprint density at radius 2 is 1.69 bits per heavy atom. The van der Waals surface area contributed by atoms with Crippen LogP contribution in [0.3, 0.4) is 0 Å². The van der Waals surface area contributed by atoms with Gasteiger partial charge < -0.3 is 9.47 Å². The molecule has 0 unspecified atom stereocenters. The Bertz CT molecular complexity index is 1410. The summed E-state index contributed by atoms with van der Waals surface area (Å²) in [6, 6.07) is 15.2. The van der Waals surface area contributed by atoms with E-state index in [1.807, 2.05) is 12.1 Å². The molecule has 0 radical (unpaired) electrons. The predicted octanol–water partition coefficient (Wildman–Crippen LogP) is 8.22. The number of ether oxygens (including phenoxy) is 2. The molecule has 0 fully saturated rings. The predicted molar refractivity (Wildman–Crippen MR) is 130 cm³/mol. The Kier molecular flexibility index (Phi) is 6.07. The first-order valence-electron chi connectivity index (χ1n) is 11.8. The molecular weight excluding hydrogens is 456 g/mol. The highest BCUT2D eigenvalue weighted by Crippen LogP contribution is 2.44. The summed E-state index contributed by atoms with van der Waals surface area (Å²) >= 11 is 0. The average Bonchev–Trinajstić information content (AvgIpc) is 2.86. The van der Waals surface area contributed by atoms with Crippen molar-refractivity contribution in [2.75, 3.05) is 14.2 Å². The number of hydrogen-bond donors (Lipinski definition) is 0. The highest BCUT2D eigenvalue weighted by atomic mass is 19.4. The number of halogens is 4. The number of fused-ring (bicyclic) bond motifs is 5. The fraction of sp³-hybridized carbons (Fsp3) is 0.310. The van der Waals surface area contributed by atoms with Gasteiger partial charge in [0.15, 0.2) is 0 Å². The SMILES string of the molecule is COc1cccc2c1c(OC)cc1c3c(ccc12)[C@H](CCc1ccc(C(F)(F)F)cc1F)CCC3. The van der Waals surface area contributed by atoms with Gasteiger partial charge in [-0.05, 0) is 95.1 Å². The van der Waals surface area contributed by atoms with Crippen LogP contribution in [0.1, 0.15) is 47.4 Å². The van der Waals surface area contributed by atoms with Gasteiger partial charge in [0.1, 0.15) is 17.3 Å². The molecule has 1 aliphatic carbocycles. The molecule has 1 atom stereocenters. The topological polar surface area (TPSA) is 18.5 Å². The van der Waals surface area contributed by atoms with Gasteiger partial charge >= 0.3 is 6.18 Å². The van der Waals surface area contributed by atoms with Crippen LogP contribution in [0.5, 0.6) is 11.5 Å². The van der Waals surface area contributed by atoms with E-state index in [-0.39, 0.29) is 5.92 Å². The molecule has 0 aromatic heterocycles. The maximum atomic E-state index is 14.4. The van der Waals surface area contributed by atoms with E-state index >= 15 is 0 Å². The van der Waals surface area contributed by atoms with Crippen LogP contribution in [0, 0.1) is 5.82 Å². The quantitative estimate of drug-likeness (QED) is 0.211. The summed E-state index contributed by atoms with van der Waals surface area (Å²) in [5.41, 5.74) is 1.88. The highest BCUT2D eigenvalue weighted by molar-refractivity contribution is 6.13. The minimum atomic E-state index is -4.54. The first kappa shape index (κ1) is 23.5. The molecule has 0 heterocycles. The van der Waals surface area contributed by atoms with E-state index in [1.165, 1.54) is 17.2 Å². The Hall–Kier alpha value is -3.28. The van der Waals surface area contributed by atoms with Crippen LogP contribution in [0.25, 0.3) is 21.5 Å². The van der Waals surface area contributed by atoms with Crippen LogP contribution in [0.2, 0.25) is 0 Å². The van der Waals surface area contributed by atoms with Gasteiger partial charge in [0.25, 0.3) is 0 Å². The Balaban J connectivity index is 1.51. The van der Waals surface area contributed by atoms with Gasteiger partial charge in [0.2, 0.25) is 0 Å². The molecule has 2 nitrogen and oxygen atoms in total. The van der Waals surface area contributed by atoms with Crippen molar-refractivity contribution in [3.05, 3.63) is 82.7 Å². The Morgan fingerprint density at radius 1 is 0.886 bits per heavy atom. The molecule has 6 heteroatoms. The zero-order chi connectivity index (χ0) is 24.7. The third-order valence-corrected chi connectivity index (χ3v) is 7.23. The van der Waals surface area contributed by atoms with Crippen molar-refractivity contribution < 1.29 is 27.0 Å². The monoisotopic (exact) mass is 482 g/mol. The van der Waals surface area contributed by atoms with Crippen LogP contribution >= 0.6 is 0 Å². The van der Waals surface area contributed by atoms with E-state index in [0.29, 0.717) is 24.5 Å². The lowest BCUT2D eigenvalue weighted by Crippen LogP contribution is -2.12. The smallest absolute Gasteiger partial charge is 0.416 e. The molecule has 0 saturated heterocycles. The van der Waals surface area contributed by atoms with E-state index in [9.17, 15) is 17.6 Å². The van der Waals surface area contributed by atoms with Gasteiger partial charge in [-0.25, -0.2) is 4.39 Å². The third-order valence-electron chi connectivity index (χ3n) is 7.23. The molecule has 4 aromatic rings. The summed E-state index contributed by atoms with van der Waals surface area (Å²) in [4.78, 5) is 0. The van der Waals surface area contributed by atoms with Crippen LogP contribution < -0.4 is 9.47 Å². The van der Waals surface area contributed by atoms with Crippen LogP contribution in [-0.4, -0.2) is 14.2 Å². The molecule has 0 amide bonds. The van der Waals surface area contributed by atoms with Crippen LogP contribution in [-0.2, 0) is 19.0 Å². The second-order valence-corrected chi connectivity index (χ2v) is 9.12. The van der Waals surface area contributed by atoms with Gasteiger partial charge in [0, 0.05) is 0 Å². The summed E-state index contributed by atoms with van der Waals surface area (Å²) in [6.07, 6.45) is -0.553. The standard InChI is InChI=1S/C29H26F4O2/c1-34-26-8-4-7-23-22-14-13-20-17(5-3-6-21(20)24(22)16-27(35-2)28(23)26)9-10-18-11-12-19(15-25(18)30)29(31,32)33/h4,7-8,11-17H,3,5-6,9-10H2,1-2H3/t17-/m0/s1. The number of rotatable bonds is 5. The second kappa shape index (κ2) is 9.06. The second-order valence-electron chi connectivity index (χ2n) is 9.12. The number of hydrogen-bond acceptors (Lipinski definition) is 2. The van der Waals surface area contributed by atoms with E-state index in [4.69, 9.17) is 9.47 Å². The van der Waals surface area contributed by atoms with E-state index < -0.39 is 17.6 Å². The zero-order valence-corrected chi connectivity index (χ0v) is 19.6. The normalized spacial score (nSPS) is 15.9. The van der Waals surface area contributed by atoms with Crippen molar-refractivity contribution in [3.8, 4) is 11.5 Å². The molecule has 0 N–H and O–H groups in total. The Morgan fingerprint density at radius 3 is 2.40 bits per heavy atom. The fourth-order valence-electron chi connectivity index (χ4n) is 5.52. The summed E-state index contributed by atoms with van der Waals surface area (Å²) in [5, 5.41) is 4.28.